The van der Waals surface area contributed by atoms with Crippen molar-refractivity contribution in [1.29, 1.82) is 0 Å². The molecule has 2 rings (SSSR count). The molecule has 1 aliphatic heterocycles. The van der Waals surface area contributed by atoms with Gasteiger partial charge in [-0.05, 0) is 18.4 Å². The van der Waals surface area contributed by atoms with Crippen molar-refractivity contribution in [3.63, 3.8) is 0 Å². The zero-order chi connectivity index (χ0) is 15.5. The van der Waals surface area contributed by atoms with Crippen LogP contribution in [0.2, 0.25) is 0 Å². The van der Waals surface area contributed by atoms with Gasteiger partial charge in [-0.3, -0.25) is 4.79 Å². The summed E-state index contributed by atoms with van der Waals surface area (Å²) in [5.74, 6) is -2.22. The molecule has 0 bridgehead atoms. The first kappa shape index (κ1) is 15.8. The second-order valence-corrected chi connectivity index (χ2v) is 5.33. The molecule has 1 amide bonds. The van der Waals surface area contributed by atoms with Crippen molar-refractivity contribution in [2.75, 3.05) is 13.1 Å². The summed E-state index contributed by atoms with van der Waals surface area (Å²) in [6.45, 7) is 0.799. The number of rotatable bonds is 4. The second kappa shape index (κ2) is 6.47. The minimum Gasteiger partial charge on any atom is -0.338 e. The van der Waals surface area contributed by atoms with Gasteiger partial charge in [0.1, 0.15) is 0 Å². The zero-order valence-electron chi connectivity index (χ0n) is 11.6. The van der Waals surface area contributed by atoms with Crippen LogP contribution in [-0.2, 0) is 4.79 Å². The number of likely N-dealkylation sites (tertiary alicyclic amines) is 1. The van der Waals surface area contributed by atoms with Crippen molar-refractivity contribution in [3.8, 4) is 0 Å². The maximum Gasteiger partial charge on any atom is 0.396 e. The highest BCUT2D eigenvalue weighted by Gasteiger charge is 2.43. The molecule has 1 aliphatic rings. The summed E-state index contributed by atoms with van der Waals surface area (Å²) in [5, 5.41) is 0. The van der Waals surface area contributed by atoms with Gasteiger partial charge < -0.3 is 10.6 Å². The van der Waals surface area contributed by atoms with Crippen LogP contribution in [0.4, 0.5) is 13.2 Å². The highest BCUT2D eigenvalue weighted by Crippen LogP contribution is 2.38. The Hall–Kier alpha value is -1.56. The van der Waals surface area contributed by atoms with Crippen molar-refractivity contribution >= 4 is 5.91 Å². The smallest absolute Gasteiger partial charge is 0.338 e. The lowest BCUT2D eigenvalue weighted by molar-refractivity contribution is -0.160. The van der Waals surface area contributed by atoms with Crippen LogP contribution in [-0.4, -0.2) is 36.1 Å². The van der Waals surface area contributed by atoms with Crippen LogP contribution in [0.25, 0.3) is 0 Å². The number of nitrogens with two attached hydrogens (primary N) is 1. The minimum absolute atomic E-state index is 0.123. The molecule has 3 nitrogen and oxygen atoms in total. The Kier molecular flexibility index (Phi) is 4.88. The largest absolute Gasteiger partial charge is 0.396 e. The van der Waals surface area contributed by atoms with Crippen molar-refractivity contribution in [3.05, 3.63) is 35.9 Å². The number of nitrogens with zero attached hydrogens (tertiary/aromatic N) is 1. The maximum atomic E-state index is 13.2. The monoisotopic (exact) mass is 300 g/mol. The molecule has 0 spiro atoms. The molecule has 2 atom stereocenters. The van der Waals surface area contributed by atoms with E-state index in [1.165, 1.54) is 17.0 Å². The van der Waals surface area contributed by atoms with E-state index in [4.69, 9.17) is 5.73 Å². The molecule has 1 heterocycles. The van der Waals surface area contributed by atoms with E-state index in [2.05, 4.69) is 0 Å². The first-order valence-corrected chi connectivity index (χ1v) is 7.04. The van der Waals surface area contributed by atoms with Crippen LogP contribution < -0.4 is 5.73 Å². The van der Waals surface area contributed by atoms with Crippen molar-refractivity contribution in [1.82, 2.24) is 4.90 Å². The van der Waals surface area contributed by atoms with E-state index in [9.17, 15) is 18.0 Å². The molecule has 0 radical (unpaired) electrons. The Morgan fingerprint density at radius 1 is 1.33 bits per heavy atom. The number of carbonyl (C=O) groups is 1. The summed E-state index contributed by atoms with van der Waals surface area (Å²) >= 11 is 0. The number of alkyl halides is 3. The molecule has 116 valence electrons. The first-order valence-electron chi connectivity index (χ1n) is 7.04. The lowest BCUT2D eigenvalue weighted by atomic mass is 9.94. The minimum atomic E-state index is -4.44. The fraction of sp³-hybridized carbons (Fsp3) is 0.533. The number of amides is 1. The fourth-order valence-electron chi connectivity index (χ4n) is 2.81. The van der Waals surface area contributed by atoms with Gasteiger partial charge in [-0.2, -0.15) is 13.2 Å². The Morgan fingerprint density at radius 3 is 2.57 bits per heavy atom. The van der Waals surface area contributed by atoms with Crippen LogP contribution in [0, 0.1) is 0 Å². The summed E-state index contributed by atoms with van der Waals surface area (Å²) in [6.07, 6.45) is -3.42. The molecule has 2 unspecified atom stereocenters. The third-order valence-electron chi connectivity index (χ3n) is 3.95. The van der Waals surface area contributed by atoms with Gasteiger partial charge in [-0.25, -0.2) is 0 Å². The Morgan fingerprint density at radius 2 is 2.00 bits per heavy atom. The van der Waals surface area contributed by atoms with E-state index < -0.39 is 24.4 Å². The molecule has 1 saturated heterocycles. The van der Waals surface area contributed by atoms with Gasteiger partial charge >= 0.3 is 6.18 Å². The van der Waals surface area contributed by atoms with E-state index >= 15 is 0 Å². The van der Waals surface area contributed by atoms with Gasteiger partial charge in [0.25, 0.3) is 0 Å². The average molecular weight is 300 g/mol. The summed E-state index contributed by atoms with van der Waals surface area (Å²) in [4.78, 5) is 13.7. The van der Waals surface area contributed by atoms with E-state index in [0.29, 0.717) is 13.1 Å². The third-order valence-corrected chi connectivity index (χ3v) is 3.95. The number of carbonyl (C=O) groups excluding carboxylic acids is 1. The number of hydrogen-bond donors (Lipinski definition) is 1. The standard InChI is InChI=1S/C15H19F3N2O/c16-15(17,18)13(11-5-2-1-3-6-11)9-14(21)20-8-4-7-12(20)10-19/h1-3,5-6,12-13H,4,7-10,19H2. The summed E-state index contributed by atoms with van der Waals surface area (Å²) in [6, 6.07) is 7.46. The van der Waals surface area contributed by atoms with Crippen LogP contribution in [0.5, 0.6) is 0 Å². The van der Waals surface area contributed by atoms with Crippen LogP contribution in [0.3, 0.4) is 0 Å². The van der Waals surface area contributed by atoms with Crippen LogP contribution in [0.1, 0.15) is 30.7 Å². The summed E-state index contributed by atoms with van der Waals surface area (Å²) in [5.41, 5.74) is 5.70. The van der Waals surface area contributed by atoms with Crippen molar-refractivity contribution in [2.45, 2.75) is 37.4 Å². The van der Waals surface area contributed by atoms with E-state index in [-0.39, 0.29) is 11.6 Å². The van der Waals surface area contributed by atoms with Gasteiger partial charge in [0.2, 0.25) is 5.91 Å². The van der Waals surface area contributed by atoms with Crippen molar-refractivity contribution < 1.29 is 18.0 Å². The molecular formula is C15H19F3N2O. The maximum absolute atomic E-state index is 13.2. The molecule has 21 heavy (non-hydrogen) atoms. The Balaban J connectivity index is 2.14. The molecule has 0 aliphatic carbocycles. The summed E-state index contributed by atoms with van der Waals surface area (Å²) < 4.78 is 39.7. The molecule has 0 aromatic heterocycles. The predicted molar refractivity (Wildman–Crippen MR) is 73.6 cm³/mol. The first-order chi connectivity index (χ1) is 9.93. The Labute approximate surface area is 121 Å². The topological polar surface area (TPSA) is 46.3 Å². The van der Waals surface area contributed by atoms with Gasteiger partial charge in [0.05, 0.1) is 5.92 Å². The van der Waals surface area contributed by atoms with Gasteiger partial charge in [0, 0.05) is 25.6 Å². The van der Waals surface area contributed by atoms with Crippen molar-refractivity contribution in [2.24, 2.45) is 5.73 Å². The lowest BCUT2D eigenvalue weighted by Crippen LogP contribution is -2.41. The highest BCUT2D eigenvalue weighted by atomic mass is 19.4. The lowest BCUT2D eigenvalue weighted by Gasteiger charge is -2.27. The molecule has 0 saturated carbocycles. The highest BCUT2D eigenvalue weighted by molar-refractivity contribution is 5.78. The normalized spacial score (nSPS) is 20.6. The predicted octanol–water partition coefficient (Wildman–Crippen LogP) is 2.67. The fourth-order valence-corrected chi connectivity index (χ4v) is 2.81. The quantitative estimate of drug-likeness (QED) is 0.929. The SMILES string of the molecule is NCC1CCCN1C(=O)CC(c1ccccc1)C(F)(F)F. The van der Waals surface area contributed by atoms with E-state index in [0.717, 1.165) is 12.8 Å². The zero-order valence-corrected chi connectivity index (χ0v) is 11.6. The number of halogens is 3. The molecule has 1 aromatic rings. The summed E-state index contributed by atoms with van der Waals surface area (Å²) in [7, 11) is 0. The van der Waals surface area contributed by atoms with E-state index in [1.54, 1.807) is 18.2 Å². The van der Waals surface area contributed by atoms with Crippen LogP contribution >= 0.6 is 0 Å². The van der Waals surface area contributed by atoms with Crippen LogP contribution in [0.15, 0.2) is 30.3 Å². The molecular weight excluding hydrogens is 281 g/mol. The molecule has 1 aromatic carbocycles. The molecule has 6 heteroatoms. The van der Waals surface area contributed by atoms with Gasteiger partial charge in [-0.15, -0.1) is 0 Å². The van der Waals surface area contributed by atoms with E-state index in [1.807, 2.05) is 0 Å². The second-order valence-electron chi connectivity index (χ2n) is 5.33. The molecule has 2 N–H and O–H groups in total. The average Bonchev–Trinajstić information content (AvgIpc) is 2.92. The number of hydrogen-bond acceptors (Lipinski definition) is 2. The number of benzene rings is 1. The Bertz CT molecular complexity index is 476. The third kappa shape index (κ3) is 3.75. The van der Waals surface area contributed by atoms with Gasteiger partial charge in [0.15, 0.2) is 0 Å². The molecule has 1 fully saturated rings. The van der Waals surface area contributed by atoms with Gasteiger partial charge in [-0.1, -0.05) is 30.3 Å².